The van der Waals surface area contributed by atoms with Gasteiger partial charge in [-0.05, 0) is 31.5 Å². The molecule has 5 nitrogen and oxygen atoms in total. The number of rotatable bonds is 5. The van der Waals surface area contributed by atoms with Gasteiger partial charge in [0.1, 0.15) is 17.9 Å². The van der Waals surface area contributed by atoms with Crippen molar-refractivity contribution >= 4 is 12.1 Å². The minimum atomic E-state index is -0.608. The van der Waals surface area contributed by atoms with Gasteiger partial charge in [-0.1, -0.05) is 42.5 Å². The number of ether oxygens (including phenoxy) is 2. The molecular formula is C18H19NO4. The third-order valence-corrected chi connectivity index (χ3v) is 2.93. The minimum absolute atomic E-state index is 0.0558. The molecule has 0 unspecified atom stereocenters. The molecule has 0 aliphatic rings. The van der Waals surface area contributed by atoms with E-state index in [1.807, 2.05) is 44.2 Å². The van der Waals surface area contributed by atoms with Crippen molar-refractivity contribution in [3.63, 3.8) is 0 Å². The summed E-state index contributed by atoms with van der Waals surface area (Å²) in [5.74, 6) is -0.370. The Balaban J connectivity index is 2.04. The monoisotopic (exact) mass is 313 g/mol. The maximum absolute atomic E-state index is 12.2. The Morgan fingerprint density at radius 1 is 1.00 bits per heavy atom. The molecule has 0 heterocycles. The van der Waals surface area contributed by atoms with Gasteiger partial charge in [-0.15, -0.1) is 0 Å². The number of nitrogens with one attached hydrogen (secondary N) is 1. The summed E-state index contributed by atoms with van der Waals surface area (Å²) in [6.07, 6.45) is -0.608. The standard InChI is InChI=1S/C18H19NO4/c1-13(2)19-18(21)23-16-11-7-6-10-15(16)17(20)22-12-14-8-4-3-5-9-14/h3-11,13H,12H2,1-2H3,(H,19,21). The van der Waals surface area contributed by atoms with E-state index in [1.165, 1.54) is 0 Å². The van der Waals surface area contributed by atoms with Gasteiger partial charge >= 0.3 is 12.1 Å². The van der Waals surface area contributed by atoms with Crippen LogP contribution in [0.1, 0.15) is 29.8 Å². The second-order valence-corrected chi connectivity index (χ2v) is 5.25. The zero-order chi connectivity index (χ0) is 16.7. The van der Waals surface area contributed by atoms with Crippen LogP contribution in [0, 0.1) is 0 Å². The first-order chi connectivity index (χ1) is 11.1. The highest BCUT2D eigenvalue weighted by Crippen LogP contribution is 2.19. The van der Waals surface area contributed by atoms with Crippen LogP contribution in [0.5, 0.6) is 5.75 Å². The Hall–Kier alpha value is -2.82. The Morgan fingerprint density at radius 2 is 1.65 bits per heavy atom. The number of esters is 1. The van der Waals surface area contributed by atoms with E-state index in [1.54, 1.807) is 24.3 Å². The number of benzene rings is 2. The van der Waals surface area contributed by atoms with Crippen molar-refractivity contribution in [2.45, 2.75) is 26.5 Å². The van der Waals surface area contributed by atoms with Gasteiger partial charge in [0, 0.05) is 6.04 Å². The predicted octanol–water partition coefficient (Wildman–Crippen LogP) is 3.54. The van der Waals surface area contributed by atoms with E-state index < -0.39 is 12.1 Å². The molecule has 2 rings (SSSR count). The van der Waals surface area contributed by atoms with Gasteiger partial charge in [0.2, 0.25) is 0 Å². The third-order valence-electron chi connectivity index (χ3n) is 2.93. The summed E-state index contributed by atoms with van der Waals surface area (Å²) >= 11 is 0. The smallest absolute Gasteiger partial charge is 0.412 e. The lowest BCUT2D eigenvalue weighted by Crippen LogP contribution is -2.33. The average molecular weight is 313 g/mol. The topological polar surface area (TPSA) is 64.6 Å². The molecule has 0 saturated carbocycles. The molecular weight excluding hydrogens is 294 g/mol. The number of para-hydroxylation sites is 1. The second-order valence-electron chi connectivity index (χ2n) is 5.25. The SMILES string of the molecule is CC(C)NC(=O)Oc1ccccc1C(=O)OCc1ccccc1. The molecule has 2 aromatic rings. The van der Waals surface area contributed by atoms with Gasteiger partial charge in [-0.25, -0.2) is 9.59 Å². The maximum Gasteiger partial charge on any atom is 0.412 e. The Labute approximate surface area is 135 Å². The van der Waals surface area contributed by atoms with Crippen molar-refractivity contribution in [1.29, 1.82) is 0 Å². The van der Waals surface area contributed by atoms with E-state index in [2.05, 4.69) is 5.32 Å². The van der Waals surface area contributed by atoms with E-state index in [4.69, 9.17) is 9.47 Å². The molecule has 0 radical (unpaired) electrons. The number of carbonyl (C=O) groups is 2. The van der Waals surface area contributed by atoms with Crippen molar-refractivity contribution in [2.75, 3.05) is 0 Å². The summed E-state index contributed by atoms with van der Waals surface area (Å²) in [4.78, 5) is 23.9. The van der Waals surface area contributed by atoms with Crippen molar-refractivity contribution in [3.8, 4) is 5.75 Å². The molecule has 2 aromatic carbocycles. The molecule has 120 valence electrons. The molecule has 0 aromatic heterocycles. The summed E-state index contributed by atoms with van der Waals surface area (Å²) < 4.78 is 10.4. The fourth-order valence-corrected chi connectivity index (χ4v) is 1.89. The van der Waals surface area contributed by atoms with Crippen LogP contribution in [0.2, 0.25) is 0 Å². The van der Waals surface area contributed by atoms with Gasteiger partial charge in [0.05, 0.1) is 0 Å². The molecule has 0 fully saturated rings. The summed E-state index contributed by atoms with van der Waals surface area (Å²) in [5, 5.41) is 2.60. The summed E-state index contributed by atoms with van der Waals surface area (Å²) in [7, 11) is 0. The molecule has 5 heteroatoms. The van der Waals surface area contributed by atoms with Gasteiger partial charge in [-0.3, -0.25) is 0 Å². The van der Waals surface area contributed by atoms with Crippen LogP contribution in [0.4, 0.5) is 4.79 Å². The number of hydrogen-bond donors (Lipinski definition) is 1. The predicted molar refractivity (Wildman–Crippen MR) is 86.3 cm³/mol. The van der Waals surface area contributed by atoms with E-state index in [0.29, 0.717) is 0 Å². The van der Waals surface area contributed by atoms with Crippen molar-refractivity contribution in [3.05, 3.63) is 65.7 Å². The van der Waals surface area contributed by atoms with Gasteiger partial charge in [-0.2, -0.15) is 0 Å². The quantitative estimate of drug-likeness (QED) is 0.858. The first kappa shape index (κ1) is 16.5. The normalized spacial score (nSPS) is 10.2. The van der Waals surface area contributed by atoms with Crippen molar-refractivity contribution < 1.29 is 19.1 Å². The first-order valence-electron chi connectivity index (χ1n) is 7.34. The highest BCUT2D eigenvalue weighted by atomic mass is 16.6. The van der Waals surface area contributed by atoms with Gasteiger partial charge < -0.3 is 14.8 Å². The highest BCUT2D eigenvalue weighted by Gasteiger charge is 2.16. The van der Waals surface area contributed by atoms with Crippen LogP contribution in [0.3, 0.4) is 0 Å². The zero-order valence-electron chi connectivity index (χ0n) is 13.1. The first-order valence-corrected chi connectivity index (χ1v) is 7.34. The third kappa shape index (κ3) is 5.14. The van der Waals surface area contributed by atoms with Gasteiger partial charge in [0.15, 0.2) is 0 Å². The summed E-state index contributed by atoms with van der Waals surface area (Å²) in [6, 6.07) is 15.8. The Bertz CT molecular complexity index is 668. The lowest BCUT2D eigenvalue weighted by atomic mass is 10.2. The number of carbonyl (C=O) groups excluding carboxylic acids is 2. The number of amides is 1. The maximum atomic E-state index is 12.2. The zero-order valence-corrected chi connectivity index (χ0v) is 13.1. The second kappa shape index (κ2) is 7.98. The minimum Gasteiger partial charge on any atom is -0.457 e. The molecule has 1 amide bonds. The molecule has 0 aliphatic heterocycles. The van der Waals surface area contributed by atoms with E-state index >= 15 is 0 Å². The lowest BCUT2D eigenvalue weighted by molar-refractivity contribution is 0.0470. The van der Waals surface area contributed by atoms with Gasteiger partial charge in [0.25, 0.3) is 0 Å². The van der Waals surface area contributed by atoms with Crippen LogP contribution in [0.15, 0.2) is 54.6 Å². The van der Waals surface area contributed by atoms with Crippen molar-refractivity contribution in [1.82, 2.24) is 5.32 Å². The molecule has 1 N–H and O–H groups in total. The molecule has 0 aliphatic carbocycles. The fourth-order valence-electron chi connectivity index (χ4n) is 1.89. The lowest BCUT2D eigenvalue weighted by Gasteiger charge is -2.12. The Morgan fingerprint density at radius 3 is 2.35 bits per heavy atom. The average Bonchev–Trinajstić information content (AvgIpc) is 2.53. The van der Waals surface area contributed by atoms with E-state index in [0.717, 1.165) is 5.56 Å². The van der Waals surface area contributed by atoms with Crippen molar-refractivity contribution in [2.24, 2.45) is 0 Å². The van der Waals surface area contributed by atoms with E-state index in [9.17, 15) is 9.59 Å². The molecule has 0 atom stereocenters. The fraction of sp³-hybridized carbons (Fsp3) is 0.222. The van der Waals surface area contributed by atoms with Crippen LogP contribution in [0.25, 0.3) is 0 Å². The van der Waals surface area contributed by atoms with Crippen LogP contribution >= 0.6 is 0 Å². The number of hydrogen-bond acceptors (Lipinski definition) is 4. The highest BCUT2D eigenvalue weighted by molar-refractivity contribution is 5.93. The van der Waals surface area contributed by atoms with Crippen LogP contribution in [-0.2, 0) is 11.3 Å². The van der Waals surface area contributed by atoms with Crippen LogP contribution < -0.4 is 10.1 Å². The molecule has 0 bridgehead atoms. The Kier molecular flexibility index (Phi) is 5.74. The largest absolute Gasteiger partial charge is 0.457 e. The molecule has 0 saturated heterocycles. The molecule has 0 spiro atoms. The van der Waals surface area contributed by atoms with E-state index in [-0.39, 0.29) is 24.0 Å². The summed E-state index contributed by atoms with van der Waals surface area (Å²) in [5.41, 5.74) is 1.10. The molecule has 23 heavy (non-hydrogen) atoms. The summed E-state index contributed by atoms with van der Waals surface area (Å²) in [6.45, 7) is 3.80. The van der Waals surface area contributed by atoms with Crippen LogP contribution in [-0.4, -0.2) is 18.1 Å².